The predicted molar refractivity (Wildman–Crippen MR) is 110 cm³/mol. The summed E-state index contributed by atoms with van der Waals surface area (Å²) in [5.74, 6) is -0.180. The summed E-state index contributed by atoms with van der Waals surface area (Å²) in [5.41, 5.74) is 0.831. The van der Waals surface area contributed by atoms with Crippen molar-refractivity contribution < 1.29 is 18.4 Å². The van der Waals surface area contributed by atoms with Gasteiger partial charge in [-0.1, -0.05) is 18.2 Å². The lowest BCUT2D eigenvalue weighted by Crippen LogP contribution is -2.43. The summed E-state index contributed by atoms with van der Waals surface area (Å²) in [6, 6.07) is 10.4. The van der Waals surface area contributed by atoms with Gasteiger partial charge in [-0.15, -0.1) is 11.3 Å². The van der Waals surface area contributed by atoms with Crippen LogP contribution in [0.2, 0.25) is 0 Å². The maximum atomic E-state index is 13.6. The van der Waals surface area contributed by atoms with Crippen molar-refractivity contribution in [3.8, 4) is 0 Å². The van der Waals surface area contributed by atoms with E-state index in [1.807, 2.05) is 11.4 Å². The number of piperidine rings is 1. The summed E-state index contributed by atoms with van der Waals surface area (Å²) in [5, 5.41) is 1.87. The maximum Gasteiger partial charge on any atom is 0.320 e. The number of rotatable bonds is 5. The topological polar surface area (TPSA) is 58.4 Å². The number of amides is 2. The van der Waals surface area contributed by atoms with Gasteiger partial charge in [0.1, 0.15) is 5.82 Å². The van der Waals surface area contributed by atoms with E-state index in [0.29, 0.717) is 41.8 Å². The second kappa shape index (κ2) is 8.51. The van der Waals surface area contributed by atoms with Gasteiger partial charge in [0.2, 0.25) is 5.91 Å². The molecule has 0 unspecified atom stereocenters. The fraction of sp³-hybridized carbons (Fsp3) is 0.381. The van der Waals surface area contributed by atoms with E-state index in [2.05, 4.69) is 4.98 Å². The molecule has 0 bridgehead atoms. The molecule has 0 atom stereocenters. The Kier molecular flexibility index (Phi) is 5.80. The van der Waals surface area contributed by atoms with Gasteiger partial charge in [-0.3, -0.25) is 14.2 Å². The number of nitrogens with zero attached hydrogens (tertiary/aromatic N) is 4. The van der Waals surface area contributed by atoms with Crippen LogP contribution in [-0.2, 0) is 11.3 Å². The number of halogens is 2. The van der Waals surface area contributed by atoms with Crippen molar-refractivity contribution in [2.45, 2.75) is 25.9 Å². The predicted octanol–water partition coefficient (Wildman–Crippen LogP) is 4.00. The molecule has 9 heteroatoms. The van der Waals surface area contributed by atoms with Crippen molar-refractivity contribution in [2.24, 2.45) is 5.92 Å². The highest BCUT2D eigenvalue weighted by molar-refractivity contribution is 7.12. The smallest absolute Gasteiger partial charge is 0.320 e. The average Bonchev–Trinajstić information content (AvgIpc) is 3.40. The van der Waals surface area contributed by atoms with Crippen molar-refractivity contribution in [1.29, 1.82) is 0 Å². The third-order valence-electron chi connectivity index (χ3n) is 5.48. The minimum absolute atomic E-state index is 0.00472. The van der Waals surface area contributed by atoms with Gasteiger partial charge < -0.3 is 9.80 Å². The number of hydrogen-bond donors (Lipinski definition) is 0. The summed E-state index contributed by atoms with van der Waals surface area (Å²) >= 11 is 1.41. The van der Waals surface area contributed by atoms with Crippen LogP contribution in [0, 0.1) is 5.92 Å². The van der Waals surface area contributed by atoms with Crippen LogP contribution in [0.3, 0.4) is 0 Å². The maximum absolute atomic E-state index is 13.6. The zero-order valence-electron chi connectivity index (χ0n) is 16.5. The molecule has 2 aromatic heterocycles. The molecule has 1 aromatic carbocycles. The van der Waals surface area contributed by atoms with E-state index in [-0.39, 0.29) is 30.1 Å². The highest BCUT2D eigenvalue weighted by Crippen LogP contribution is 2.26. The van der Waals surface area contributed by atoms with E-state index >= 15 is 0 Å². The van der Waals surface area contributed by atoms with E-state index in [1.54, 1.807) is 42.3 Å². The number of benzene rings is 1. The number of aromatic nitrogens is 2. The van der Waals surface area contributed by atoms with Gasteiger partial charge in [0, 0.05) is 26.1 Å². The molecule has 3 aromatic rings. The summed E-state index contributed by atoms with van der Waals surface area (Å²) in [4.78, 5) is 33.6. The van der Waals surface area contributed by atoms with Crippen LogP contribution in [0.1, 0.15) is 34.9 Å². The first-order chi connectivity index (χ1) is 14.5. The van der Waals surface area contributed by atoms with Gasteiger partial charge in [-0.25, -0.2) is 4.98 Å². The Bertz CT molecular complexity index is 1040. The van der Waals surface area contributed by atoms with E-state index < -0.39 is 6.55 Å². The zero-order valence-corrected chi connectivity index (χ0v) is 17.3. The molecule has 0 radical (unpaired) electrons. The van der Waals surface area contributed by atoms with Crippen molar-refractivity contribution in [1.82, 2.24) is 19.4 Å². The van der Waals surface area contributed by atoms with Crippen LogP contribution in [0.4, 0.5) is 8.78 Å². The summed E-state index contributed by atoms with van der Waals surface area (Å²) < 4.78 is 28.1. The molecule has 6 nitrogen and oxygen atoms in total. The molecule has 0 aliphatic carbocycles. The number of carbonyl (C=O) groups is 2. The highest BCUT2D eigenvalue weighted by atomic mass is 32.1. The largest absolute Gasteiger partial charge is 0.338 e. The lowest BCUT2D eigenvalue weighted by Gasteiger charge is -2.33. The molecule has 1 fully saturated rings. The Labute approximate surface area is 176 Å². The molecular formula is C21H22F2N4O2S. The van der Waals surface area contributed by atoms with Crippen LogP contribution in [0.25, 0.3) is 11.0 Å². The molecule has 0 saturated carbocycles. The Morgan fingerprint density at radius 2 is 1.93 bits per heavy atom. The van der Waals surface area contributed by atoms with Crippen LogP contribution in [-0.4, -0.2) is 51.3 Å². The molecule has 1 aliphatic rings. The molecule has 30 heavy (non-hydrogen) atoms. The Morgan fingerprint density at radius 1 is 1.20 bits per heavy atom. The quantitative estimate of drug-likeness (QED) is 0.612. The number of thiophene rings is 1. The first kappa shape index (κ1) is 20.5. The fourth-order valence-corrected chi connectivity index (χ4v) is 4.60. The Morgan fingerprint density at radius 3 is 2.60 bits per heavy atom. The van der Waals surface area contributed by atoms with Crippen LogP contribution in [0.15, 0.2) is 41.8 Å². The number of alkyl halides is 2. The highest BCUT2D eigenvalue weighted by Gasteiger charge is 2.30. The lowest BCUT2D eigenvalue weighted by atomic mass is 9.95. The molecule has 2 amide bonds. The zero-order chi connectivity index (χ0) is 21.3. The van der Waals surface area contributed by atoms with Gasteiger partial charge in [0.15, 0.2) is 0 Å². The van der Waals surface area contributed by atoms with E-state index in [1.165, 1.54) is 16.2 Å². The second-order valence-corrected chi connectivity index (χ2v) is 8.35. The third kappa shape index (κ3) is 3.94. The fourth-order valence-electron chi connectivity index (χ4n) is 3.91. The Balaban J connectivity index is 1.41. The first-order valence-electron chi connectivity index (χ1n) is 9.77. The van der Waals surface area contributed by atoms with Gasteiger partial charge in [-0.2, -0.15) is 8.78 Å². The van der Waals surface area contributed by atoms with E-state index in [4.69, 9.17) is 0 Å². The van der Waals surface area contributed by atoms with Gasteiger partial charge in [-0.05, 0) is 36.4 Å². The van der Waals surface area contributed by atoms with Crippen molar-refractivity contribution in [2.75, 3.05) is 20.1 Å². The SMILES string of the molecule is CN(Cc1nc2ccccc2n1C(F)F)C(=O)C1CCN(C(=O)c2cccs2)CC1. The van der Waals surface area contributed by atoms with Crippen molar-refractivity contribution >= 4 is 34.2 Å². The molecule has 158 valence electrons. The van der Waals surface area contributed by atoms with Crippen LogP contribution < -0.4 is 0 Å². The Hall–Kier alpha value is -2.81. The van der Waals surface area contributed by atoms with Crippen LogP contribution >= 0.6 is 11.3 Å². The second-order valence-electron chi connectivity index (χ2n) is 7.40. The standard InChI is InChI=1S/C21H22F2N4O2S/c1-25(13-18-24-15-5-2-3-6-16(15)27(18)21(22)23)19(28)14-8-10-26(11-9-14)20(29)17-7-4-12-30-17/h2-7,12,14,21H,8-11,13H2,1H3. The van der Waals surface area contributed by atoms with Gasteiger partial charge in [0.25, 0.3) is 5.91 Å². The normalized spacial score (nSPS) is 15.1. The number of likely N-dealkylation sites (tertiary alicyclic amines) is 1. The van der Waals surface area contributed by atoms with Gasteiger partial charge in [0.05, 0.1) is 22.5 Å². The number of carbonyl (C=O) groups excluding carboxylic acids is 2. The summed E-state index contributed by atoms with van der Waals surface area (Å²) in [6.45, 7) is -1.71. The molecule has 0 spiro atoms. The average molecular weight is 432 g/mol. The van der Waals surface area contributed by atoms with Crippen LogP contribution in [0.5, 0.6) is 0 Å². The first-order valence-corrected chi connectivity index (χ1v) is 10.7. The molecule has 0 N–H and O–H groups in total. The molecule has 1 aliphatic heterocycles. The molecule has 4 rings (SSSR count). The minimum Gasteiger partial charge on any atom is -0.338 e. The number of hydrogen-bond acceptors (Lipinski definition) is 4. The molecular weight excluding hydrogens is 410 g/mol. The summed E-state index contributed by atoms with van der Waals surface area (Å²) in [6.07, 6.45) is 1.12. The van der Waals surface area contributed by atoms with Crippen molar-refractivity contribution in [3.63, 3.8) is 0 Å². The lowest BCUT2D eigenvalue weighted by molar-refractivity contribution is -0.136. The molecule has 3 heterocycles. The number of fused-ring (bicyclic) bond motifs is 1. The van der Waals surface area contributed by atoms with E-state index in [9.17, 15) is 18.4 Å². The monoisotopic (exact) mass is 432 g/mol. The van der Waals surface area contributed by atoms with E-state index in [0.717, 1.165) is 4.57 Å². The van der Waals surface area contributed by atoms with Gasteiger partial charge >= 0.3 is 6.55 Å². The summed E-state index contributed by atoms with van der Waals surface area (Å²) in [7, 11) is 1.61. The van der Waals surface area contributed by atoms with Crippen molar-refractivity contribution in [3.05, 3.63) is 52.5 Å². The number of para-hydroxylation sites is 2. The third-order valence-corrected chi connectivity index (χ3v) is 6.34. The minimum atomic E-state index is -2.73. The number of imidazole rings is 1. The molecule has 1 saturated heterocycles.